The standard InChI is InChI=1S/C3H7O5S/c4-3(5)1-2-9(6,7)8/h1,3-5H,2H2,(H,6,7,8). The van der Waals surface area contributed by atoms with Crippen LogP contribution in [0.25, 0.3) is 0 Å². The molecule has 0 unspecified atom stereocenters. The van der Waals surface area contributed by atoms with E-state index in [1.807, 2.05) is 0 Å². The second kappa shape index (κ2) is 3.11. The zero-order chi connectivity index (χ0) is 7.49. The minimum atomic E-state index is -4.09. The molecule has 0 aromatic heterocycles. The van der Waals surface area contributed by atoms with Crippen LogP contribution in [-0.4, -0.2) is 35.2 Å². The van der Waals surface area contributed by atoms with Gasteiger partial charge in [-0.25, -0.2) is 0 Å². The molecule has 0 aliphatic rings. The first-order chi connectivity index (χ1) is 3.92. The molecule has 55 valence electrons. The summed E-state index contributed by atoms with van der Waals surface area (Å²) in [6.07, 6.45) is -1.15. The highest BCUT2D eigenvalue weighted by Gasteiger charge is 2.07. The van der Waals surface area contributed by atoms with Crippen LogP contribution in [0.2, 0.25) is 0 Å². The Morgan fingerprint density at radius 1 is 1.44 bits per heavy atom. The summed E-state index contributed by atoms with van der Waals surface area (Å²) in [4.78, 5) is 0. The van der Waals surface area contributed by atoms with Crippen molar-refractivity contribution >= 4 is 10.1 Å². The molecule has 0 atom stereocenters. The summed E-state index contributed by atoms with van der Waals surface area (Å²) in [5.41, 5.74) is 0. The summed E-state index contributed by atoms with van der Waals surface area (Å²) in [5, 5.41) is 16.1. The van der Waals surface area contributed by atoms with E-state index < -0.39 is 22.2 Å². The highest BCUT2D eigenvalue weighted by molar-refractivity contribution is 7.85. The SMILES string of the molecule is O=S(=O)(O)C[CH]C(O)O. The van der Waals surface area contributed by atoms with Crippen molar-refractivity contribution in [3.05, 3.63) is 6.42 Å². The van der Waals surface area contributed by atoms with Crippen molar-refractivity contribution in [2.75, 3.05) is 5.75 Å². The van der Waals surface area contributed by atoms with E-state index in [9.17, 15) is 8.42 Å². The van der Waals surface area contributed by atoms with Crippen molar-refractivity contribution < 1.29 is 23.2 Å². The molecule has 6 heteroatoms. The molecular formula is C3H7O5S. The van der Waals surface area contributed by atoms with Gasteiger partial charge in [0.15, 0.2) is 6.29 Å². The molecule has 0 spiro atoms. The van der Waals surface area contributed by atoms with E-state index in [2.05, 4.69) is 0 Å². The smallest absolute Gasteiger partial charge is 0.265 e. The highest BCUT2D eigenvalue weighted by atomic mass is 32.2. The first-order valence-corrected chi connectivity index (χ1v) is 3.67. The molecule has 0 aromatic rings. The summed E-state index contributed by atoms with van der Waals surface area (Å²) in [7, 11) is -4.09. The summed E-state index contributed by atoms with van der Waals surface area (Å²) in [6.45, 7) is 0. The molecule has 3 N–H and O–H groups in total. The normalized spacial score (nSPS) is 12.4. The minimum Gasteiger partial charge on any atom is -0.368 e. The topological polar surface area (TPSA) is 94.8 Å². The average molecular weight is 155 g/mol. The molecule has 0 saturated heterocycles. The van der Waals surface area contributed by atoms with Gasteiger partial charge in [0.2, 0.25) is 0 Å². The fourth-order valence-electron chi connectivity index (χ4n) is 0.208. The number of hydrogen-bond acceptors (Lipinski definition) is 4. The molecule has 5 nitrogen and oxygen atoms in total. The van der Waals surface area contributed by atoms with Crippen LogP contribution < -0.4 is 0 Å². The summed E-state index contributed by atoms with van der Waals surface area (Å²) < 4.78 is 27.7. The number of aliphatic hydroxyl groups excluding tert-OH is 1. The first-order valence-electron chi connectivity index (χ1n) is 2.06. The van der Waals surface area contributed by atoms with Gasteiger partial charge >= 0.3 is 0 Å². The van der Waals surface area contributed by atoms with E-state index in [4.69, 9.17) is 14.8 Å². The fourth-order valence-corrected chi connectivity index (χ4v) is 0.623. The van der Waals surface area contributed by atoms with Gasteiger partial charge in [0.25, 0.3) is 10.1 Å². The van der Waals surface area contributed by atoms with Crippen molar-refractivity contribution in [3.63, 3.8) is 0 Å². The Morgan fingerprint density at radius 3 is 2.00 bits per heavy atom. The van der Waals surface area contributed by atoms with E-state index in [0.717, 1.165) is 0 Å². The summed E-state index contributed by atoms with van der Waals surface area (Å²) in [5.74, 6) is -0.745. The maximum atomic E-state index is 9.84. The maximum absolute atomic E-state index is 9.84. The van der Waals surface area contributed by atoms with Crippen LogP contribution in [0.15, 0.2) is 0 Å². The zero-order valence-corrected chi connectivity index (χ0v) is 5.24. The molecule has 0 heterocycles. The molecular weight excluding hydrogens is 148 g/mol. The Hall–Kier alpha value is -0.170. The van der Waals surface area contributed by atoms with Crippen LogP contribution in [-0.2, 0) is 10.1 Å². The van der Waals surface area contributed by atoms with Crippen LogP contribution in [0.4, 0.5) is 0 Å². The van der Waals surface area contributed by atoms with Gasteiger partial charge in [-0.2, -0.15) is 8.42 Å². The monoisotopic (exact) mass is 155 g/mol. The second-order valence-corrected chi connectivity index (χ2v) is 2.90. The molecule has 1 radical (unpaired) electrons. The molecule has 0 fully saturated rings. The van der Waals surface area contributed by atoms with Crippen molar-refractivity contribution in [2.24, 2.45) is 0 Å². The second-order valence-electron chi connectivity index (χ2n) is 1.40. The third-order valence-corrected chi connectivity index (χ3v) is 1.13. The predicted molar refractivity (Wildman–Crippen MR) is 28.9 cm³/mol. The molecule has 0 rings (SSSR count). The van der Waals surface area contributed by atoms with E-state index in [0.29, 0.717) is 6.42 Å². The van der Waals surface area contributed by atoms with Gasteiger partial charge in [-0.3, -0.25) is 4.55 Å². The highest BCUT2D eigenvalue weighted by Crippen LogP contribution is 1.89. The molecule has 0 bridgehead atoms. The lowest BCUT2D eigenvalue weighted by Gasteiger charge is -1.97. The molecule has 0 saturated carbocycles. The summed E-state index contributed by atoms with van der Waals surface area (Å²) >= 11 is 0. The molecule has 0 amide bonds. The largest absolute Gasteiger partial charge is 0.368 e. The Labute approximate surface area is 52.7 Å². The Bertz CT molecular complexity index is 157. The third kappa shape index (κ3) is 7.83. The van der Waals surface area contributed by atoms with Gasteiger partial charge in [0, 0.05) is 6.42 Å². The molecule has 0 aliphatic heterocycles. The van der Waals surface area contributed by atoms with E-state index in [-0.39, 0.29) is 0 Å². The Morgan fingerprint density at radius 2 is 1.89 bits per heavy atom. The Balaban J connectivity index is 3.53. The van der Waals surface area contributed by atoms with Gasteiger partial charge in [-0.15, -0.1) is 0 Å². The van der Waals surface area contributed by atoms with Gasteiger partial charge in [-0.1, -0.05) is 0 Å². The van der Waals surface area contributed by atoms with Crippen LogP contribution in [0.5, 0.6) is 0 Å². The lowest BCUT2D eigenvalue weighted by Crippen LogP contribution is -2.13. The van der Waals surface area contributed by atoms with Crippen molar-refractivity contribution in [1.82, 2.24) is 0 Å². The molecule has 0 aromatic carbocycles. The van der Waals surface area contributed by atoms with E-state index >= 15 is 0 Å². The quantitative estimate of drug-likeness (QED) is 0.336. The van der Waals surface area contributed by atoms with Crippen LogP contribution >= 0.6 is 0 Å². The van der Waals surface area contributed by atoms with E-state index in [1.54, 1.807) is 0 Å². The van der Waals surface area contributed by atoms with E-state index in [1.165, 1.54) is 0 Å². The lowest BCUT2D eigenvalue weighted by atomic mass is 10.5. The predicted octanol–water partition coefficient (Wildman–Crippen LogP) is -1.61. The van der Waals surface area contributed by atoms with Crippen LogP contribution in [0.3, 0.4) is 0 Å². The van der Waals surface area contributed by atoms with Crippen LogP contribution in [0.1, 0.15) is 0 Å². The first kappa shape index (κ1) is 8.83. The molecule has 0 aliphatic carbocycles. The van der Waals surface area contributed by atoms with Crippen molar-refractivity contribution in [1.29, 1.82) is 0 Å². The third-order valence-electron chi connectivity index (χ3n) is 0.518. The van der Waals surface area contributed by atoms with Crippen molar-refractivity contribution in [2.45, 2.75) is 6.29 Å². The number of aliphatic hydroxyl groups is 2. The Kier molecular flexibility index (Phi) is 3.06. The van der Waals surface area contributed by atoms with Crippen LogP contribution in [0, 0.1) is 6.42 Å². The van der Waals surface area contributed by atoms with Gasteiger partial charge in [-0.05, 0) is 0 Å². The van der Waals surface area contributed by atoms with Gasteiger partial charge in [0.05, 0.1) is 5.75 Å². The zero-order valence-electron chi connectivity index (χ0n) is 4.43. The maximum Gasteiger partial charge on any atom is 0.265 e. The summed E-state index contributed by atoms with van der Waals surface area (Å²) in [6, 6.07) is 0. The molecule has 9 heavy (non-hydrogen) atoms. The average Bonchev–Trinajstić information content (AvgIpc) is 1.59. The van der Waals surface area contributed by atoms with Crippen molar-refractivity contribution in [3.8, 4) is 0 Å². The van der Waals surface area contributed by atoms with Gasteiger partial charge < -0.3 is 10.2 Å². The van der Waals surface area contributed by atoms with Gasteiger partial charge in [0.1, 0.15) is 0 Å². The fraction of sp³-hybridized carbons (Fsp3) is 0.667. The minimum absolute atomic E-state index is 0.648. The number of hydrogen-bond donors (Lipinski definition) is 3. The number of rotatable bonds is 3. The lowest BCUT2D eigenvalue weighted by molar-refractivity contribution is -0.0108.